The first-order valence-corrected chi connectivity index (χ1v) is 3.24. The van der Waals surface area contributed by atoms with Crippen molar-refractivity contribution in [2.75, 3.05) is 6.61 Å². The van der Waals surface area contributed by atoms with Gasteiger partial charge in [0.15, 0.2) is 0 Å². The summed E-state index contributed by atoms with van der Waals surface area (Å²) < 4.78 is 4.65. The quantitative estimate of drug-likeness (QED) is 0.515. The van der Waals surface area contributed by atoms with Crippen molar-refractivity contribution in [3.05, 3.63) is 12.7 Å². The third-order valence-corrected chi connectivity index (χ3v) is 1.01. The highest BCUT2D eigenvalue weighted by atomic mass is 35.5. The second kappa shape index (κ2) is 7.57. The number of hydrogen-bond acceptors (Lipinski definition) is 3. The largest absolute Gasteiger partial charge is 0.466 e. The summed E-state index contributed by atoms with van der Waals surface area (Å²) in [5.74, 6) is -0.269. The fourth-order valence-electron chi connectivity index (χ4n) is 0.496. The molecule has 0 unspecified atom stereocenters. The topological polar surface area (TPSA) is 52.3 Å². The number of halogens is 1. The summed E-state index contributed by atoms with van der Waals surface area (Å²) in [7, 11) is 0. The maximum absolute atomic E-state index is 10.7. The molecular formula is C7H14ClNO2. The van der Waals surface area contributed by atoms with Crippen LogP contribution in [-0.2, 0) is 9.53 Å². The number of ether oxygens (including phenoxy) is 1. The Morgan fingerprint density at radius 3 is 2.73 bits per heavy atom. The summed E-state index contributed by atoms with van der Waals surface area (Å²) in [6.45, 7) is 5.61. The van der Waals surface area contributed by atoms with Crippen molar-refractivity contribution in [1.29, 1.82) is 0 Å². The number of rotatable bonds is 4. The summed E-state index contributed by atoms with van der Waals surface area (Å²) >= 11 is 0. The molecule has 0 saturated heterocycles. The van der Waals surface area contributed by atoms with Crippen LogP contribution in [0.25, 0.3) is 0 Å². The van der Waals surface area contributed by atoms with Crippen molar-refractivity contribution in [1.82, 2.24) is 0 Å². The average Bonchev–Trinajstić information content (AvgIpc) is 1.88. The van der Waals surface area contributed by atoms with Gasteiger partial charge in [-0.25, -0.2) is 0 Å². The first kappa shape index (κ1) is 13.1. The van der Waals surface area contributed by atoms with Gasteiger partial charge in [-0.05, 0) is 6.92 Å². The number of carbonyl (C=O) groups is 1. The van der Waals surface area contributed by atoms with E-state index in [1.54, 1.807) is 6.92 Å². The van der Waals surface area contributed by atoms with Crippen molar-refractivity contribution >= 4 is 18.4 Å². The van der Waals surface area contributed by atoms with Crippen molar-refractivity contribution < 1.29 is 9.53 Å². The van der Waals surface area contributed by atoms with E-state index in [2.05, 4.69) is 11.3 Å². The Kier molecular flexibility index (Phi) is 9.00. The Morgan fingerprint density at radius 2 is 2.36 bits per heavy atom. The lowest BCUT2D eigenvalue weighted by Crippen LogP contribution is -2.22. The van der Waals surface area contributed by atoms with Crippen LogP contribution < -0.4 is 5.73 Å². The van der Waals surface area contributed by atoms with Crippen LogP contribution in [0.3, 0.4) is 0 Å². The SMILES string of the molecule is C=C[C@@H](N)CC(=O)OCC.Cl. The number of nitrogens with two attached hydrogens (primary N) is 1. The molecule has 11 heavy (non-hydrogen) atoms. The minimum absolute atomic E-state index is 0. The molecule has 0 fully saturated rings. The van der Waals surface area contributed by atoms with Gasteiger partial charge in [-0.3, -0.25) is 4.79 Å². The summed E-state index contributed by atoms with van der Waals surface area (Å²) in [5, 5.41) is 0. The maximum Gasteiger partial charge on any atom is 0.307 e. The van der Waals surface area contributed by atoms with Gasteiger partial charge >= 0.3 is 5.97 Å². The van der Waals surface area contributed by atoms with Gasteiger partial charge in [-0.15, -0.1) is 19.0 Å². The van der Waals surface area contributed by atoms with Gasteiger partial charge < -0.3 is 10.5 Å². The van der Waals surface area contributed by atoms with E-state index < -0.39 is 0 Å². The molecule has 0 bridgehead atoms. The predicted molar refractivity (Wildman–Crippen MR) is 46.7 cm³/mol. The Morgan fingerprint density at radius 1 is 1.82 bits per heavy atom. The lowest BCUT2D eigenvalue weighted by atomic mass is 10.2. The molecule has 0 aliphatic rings. The third kappa shape index (κ3) is 7.36. The molecule has 2 N–H and O–H groups in total. The van der Waals surface area contributed by atoms with Crippen LogP contribution in [0.1, 0.15) is 13.3 Å². The summed E-state index contributed by atoms with van der Waals surface area (Å²) in [5.41, 5.74) is 5.39. The predicted octanol–water partition coefficient (Wildman–Crippen LogP) is 0.875. The van der Waals surface area contributed by atoms with E-state index in [1.807, 2.05) is 0 Å². The minimum Gasteiger partial charge on any atom is -0.466 e. The molecule has 0 rings (SSSR count). The number of hydrogen-bond donors (Lipinski definition) is 1. The van der Waals surface area contributed by atoms with E-state index in [-0.39, 0.29) is 30.8 Å². The van der Waals surface area contributed by atoms with Crippen LogP contribution in [0.15, 0.2) is 12.7 Å². The zero-order chi connectivity index (χ0) is 7.98. The zero-order valence-electron chi connectivity index (χ0n) is 6.58. The molecule has 3 nitrogen and oxygen atoms in total. The molecule has 0 aliphatic carbocycles. The number of esters is 1. The lowest BCUT2D eigenvalue weighted by Gasteiger charge is -2.03. The normalized spacial score (nSPS) is 11.1. The first-order valence-electron chi connectivity index (χ1n) is 3.24. The van der Waals surface area contributed by atoms with Gasteiger partial charge in [0, 0.05) is 6.04 Å². The minimum atomic E-state index is -0.279. The lowest BCUT2D eigenvalue weighted by molar-refractivity contribution is -0.143. The summed E-state index contributed by atoms with van der Waals surface area (Å²) in [4.78, 5) is 10.7. The van der Waals surface area contributed by atoms with Crippen LogP contribution >= 0.6 is 12.4 Å². The Hall–Kier alpha value is -0.540. The fourth-order valence-corrected chi connectivity index (χ4v) is 0.496. The van der Waals surface area contributed by atoms with Crippen LogP contribution in [-0.4, -0.2) is 18.6 Å². The molecule has 4 heteroatoms. The van der Waals surface area contributed by atoms with E-state index >= 15 is 0 Å². The molecular weight excluding hydrogens is 166 g/mol. The highest BCUT2D eigenvalue weighted by molar-refractivity contribution is 5.85. The number of carbonyl (C=O) groups excluding carboxylic acids is 1. The van der Waals surface area contributed by atoms with Crippen LogP contribution in [0.2, 0.25) is 0 Å². The van der Waals surface area contributed by atoms with Gasteiger partial charge in [0.05, 0.1) is 13.0 Å². The molecule has 0 saturated carbocycles. The zero-order valence-corrected chi connectivity index (χ0v) is 7.39. The van der Waals surface area contributed by atoms with Crippen LogP contribution in [0.5, 0.6) is 0 Å². The molecule has 0 aromatic carbocycles. The smallest absolute Gasteiger partial charge is 0.307 e. The van der Waals surface area contributed by atoms with Crippen molar-refractivity contribution in [2.45, 2.75) is 19.4 Å². The molecule has 0 amide bonds. The van der Waals surface area contributed by atoms with E-state index in [1.165, 1.54) is 6.08 Å². The average molecular weight is 180 g/mol. The fraction of sp³-hybridized carbons (Fsp3) is 0.571. The second-order valence-corrected chi connectivity index (χ2v) is 1.91. The molecule has 66 valence electrons. The first-order chi connectivity index (χ1) is 4.70. The van der Waals surface area contributed by atoms with Gasteiger partial charge in [-0.1, -0.05) is 6.08 Å². The maximum atomic E-state index is 10.7. The molecule has 0 spiro atoms. The third-order valence-electron chi connectivity index (χ3n) is 1.01. The Bertz CT molecular complexity index is 128. The molecule has 0 heterocycles. The summed E-state index contributed by atoms with van der Waals surface area (Å²) in [6.07, 6.45) is 1.74. The monoisotopic (exact) mass is 179 g/mol. The van der Waals surface area contributed by atoms with E-state index in [9.17, 15) is 4.79 Å². The molecule has 0 radical (unpaired) electrons. The van der Waals surface area contributed by atoms with Gasteiger partial charge in [0.25, 0.3) is 0 Å². The van der Waals surface area contributed by atoms with Crippen molar-refractivity contribution in [3.63, 3.8) is 0 Å². The Labute approximate surface area is 73.0 Å². The van der Waals surface area contributed by atoms with E-state index in [4.69, 9.17) is 5.73 Å². The Balaban J connectivity index is 0. The van der Waals surface area contributed by atoms with E-state index in [0.717, 1.165) is 0 Å². The highest BCUT2D eigenvalue weighted by Gasteiger charge is 2.05. The van der Waals surface area contributed by atoms with Gasteiger partial charge in [-0.2, -0.15) is 0 Å². The van der Waals surface area contributed by atoms with Crippen molar-refractivity contribution in [3.8, 4) is 0 Å². The molecule has 0 aliphatic heterocycles. The van der Waals surface area contributed by atoms with Gasteiger partial charge in [0.2, 0.25) is 0 Å². The molecule has 1 atom stereocenters. The summed E-state index contributed by atoms with van der Waals surface area (Å²) in [6, 6.07) is -0.279. The van der Waals surface area contributed by atoms with Crippen molar-refractivity contribution in [2.24, 2.45) is 5.73 Å². The van der Waals surface area contributed by atoms with Gasteiger partial charge in [0.1, 0.15) is 0 Å². The second-order valence-electron chi connectivity index (χ2n) is 1.91. The molecule has 0 aromatic rings. The van der Waals surface area contributed by atoms with Crippen LogP contribution in [0.4, 0.5) is 0 Å². The molecule has 0 aromatic heterocycles. The highest BCUT2D eigenvalue weighted by Crippen LogP contribution is 1.91. The van der Waals surface area contributed by atoms with Crippen LogP contribution in [0, 0.1) is 0 Å². The standard InChI is InChI=1S/C7H13NO2.ClH/c1-3-6(8)5-7(9)10-4-2;/h3,6H,1,4-5,8H2,2H3;1H/t6-;/m1./s1. The van der Waals surface area contributed by atoms with E-state index in [0.29, 0.717) is 6.61 Å².